The van der Waals surface area contributed by atoms with Gasteiger partial charge in [-0.1, -0.05) is 160 Å². The van der Waals surface area contributed by atoms with E-state index in [1.165, 1.54) is 50.5 Å². The summed E-state index contributed by atoms with van der Waals surface area (Å²) in [5.74, 6) is 0. The number of fused-ring (bicyclic) bond motifs is 3. The molecule has 0 bridgehead atoms. The summed E-state index contributed by atoms with van der Waals surface area (Å²) in [6, 6.07) is 50.4. The van der Waals surface area contributed by atoms with Crippen molar-refractivity contribution in [1.29, 1.82) is 0 Å². The van der Waals surface area contributed by atoms with Crippen molar-refractivity contribution >= 4 is 46.3 Å². The van der Waals surface area contributed by atoms with Crippen molar-refractivity contribution in [3.05, 3.63) is 246 Å². The van der Waals surface area contributed by atoms with Crippen molar-refractivity contribution in [2.45, 2.75) is 53.1 Å². The molecule has 6 aromatic rings. The Morgan fingerprint density at radius 3 is 2.13 bits per heavy atom. The highest BCUT2D eigenvalue weighted by Gasteiger charge is 2.33. The van der Waals surface area contributed by atoms with Gasteiger partial charge in [-0.05, 0) is 96.8 Å². The molecule has 2 aliphatic heterocycles. The second-order valence-corrected chi connectivity index (χ2v) is 15.1. The Kier molecular flexibility index (Phi) is 14.0. The number of aliphatic imine (C=N–C) groups is 2. The molecule has 308 valence electrons. The summed E-state index contributed by atoms with van der Waals surface area (Å²) in [5, 5.41) is 0. The molecule has 1 atom stereocenters. The van der Waals surface area contributed by atoms with E-state index in [0.29, 0.717) is 5.70 Å². The Bertz CT molecular complexity index is 2700. The van der Waals surface area contributed by atoms with Gasteiger partial charge >= 0.3 is 0 Å². The Balaban J connectivity index is 0.000000269. The first-order valence-corrected chi connectivity index (χ1v) is 21.4. The number of benzene rings is 5. The maximum Gasteiger partial charge on any atom is 0.0919 e. The van der Waals surface area contributed by atoms with E-state index in [-0.39, 0.29) is 6.04 Å². The lowest BCUT2D eigenvalue weighted by Gasteiger charge is -2.23. The van der Waals surface area contributed by atoms with Crippen LogP contribution in [-0.4, -0.2) is 23.5 Å². The molecule has 1 unspecified atom stereocenters. The monoisotopic (exact) mass is 809 g/mol. The van der Waals surface area contributed by atoms with Gasteiger partial charge in [0.15, 0.2) is 0 Å². The minimum atomic E-state index is 0.0696. The van der Waals surface area contributed by atoms with E-state index in [1.54, 1.807) is 0 Å². The molecule has 3 aliphatic rings. The standard InChI is InChI=1S/C40H34N4.C15H15N.C2H6/c1-5-13-29-24-31-15-11-18-34(27(2)41-4)39(31)36(29)26-43-28(3)35(40-38(43)20-12-23-42-40)22-21-33-25-30-14-9-10-19-37(30)44(33)32-16-7-6-8-17-32;1-13(15-10-6-3-7-11-15)16-12-14-8-4-2-5-9-14;1-2/h5-23,26,28H,1-2,4,24-25H2,3H3;2-11H,12H2,1H3;1-2H3/b29-13-,33-21+,35-22+,36-26+;;. The highest BCUT2D eigenvalue weighted by molar-refractivity contribution is 5.98. The lowest BCUT2D eigenvalue weighted by Crippen LogP contribution is -2.23. The lowest BCUT2D eigenvalue weighted by molar-refractivity contribution is 0.910. The van der Waals surface area contributed by atoms with Crippen molar-refractivity contribution in [3.8, 4) is 0 Å². The van der Waals surface area contributed by atoms with Crippen molar-refractivity contribution < 1.29 is 0 Å². The molecule has 5 heteroatoms. The van der Waals surface area contributed by atoms with Gasteiger partial charge in [-0.25, -0.2) is 0 Å². The number of allylic oxidation sites excluding steroid dienone is 7. The first-order chi connectivity index (χ1) is 30.4. The van der Waals surface area contributed by atoms with E-state index in [1.807, 2.05) is 68.6 Å². The molecular weight excluding hydrogens is 755 g/mol. The van der Waals surface area contributed by atoms with Crippen molar-refractivity contribution in [3.63, 3.8) is 0 Å². The number of aromatic nitrogens is 1. The summed E-state index contributed by atoms with van der Waals surface area (Å²) in [6.07, 6.45) is 14.4. The van der Waals surface area contributed by atoms with E-state index < -0.39 is 0 Å². The molecule has 5 aromatic carbocycles. The van der Waals surface area contributed by atoms with E-state index in [0.717, 1.165) is 53.2 Å². The van der Waals surface area contributed by atoms with Gasteiger partial charge in [-0.2, -0.15) is 0 Å². The highest BCUT2D eigenvalue weighted by Crippen LogP contribution is 2.46. The molecule has 9 rings (SSSR count). The average Bonchev–Trinajstić information content (AvgIpc) is 3.97. The number of pyridine rings is 1. The number of hydrogen-bond acceptors (Lipinski definition) is 5. The van der Waals surface area contributed by atoms with Crippen LogP contribution in [0.3, 0.4) is 0 Å². The van der Waals surface area contributed by atoms with Crippen LogP contribution in [0.15, 0.2) is 217 Å². The van der Waals surface area contributed by atoms with Crippen LogP contribution in [0.1, 0.15) is 66.8 Å². The third-order valence-electron chi connectivity index (χ3n) is 11.3. The molecule has 0 saturated carbocycles. The smallest absolute Gasteiger partial charge is 0.0919 e. The number of para-hydroxylation sites is 2. The molecule has 3 heterocycles. The van der Waals surface area contributed by atoms with Crippen LogP contribution in [0, 0.1) is 0 Å². The molecule has 0 fully saturated rings. The number of nitrogens with zero attached hydrogens (tertiary/aromatic N) is 5. The second kappa shape index (κ2) is 20.3. The van der Waals surface area contributed by atoms with Gasteiger partial charge < -0.3 is 9.80 Å². The first-order valence-electron chi connectivity index (χ1n) is 21.4. The lowest BCUT2D eigenvalue weighted by atomic mass is 9.97. The zero-order valence-corrected chi connectivity index (χ0v) is 36.4. The number of anilines is 3. The summed E-state index contributed by atoms with van der Waals surface area (Å²) in [5.41, 5.74) is 18.3. The van der Waals surface area contributed by atoms with Crippen molar-refractivity contribution in [2.75, 3.05) is 9.80 Å². The highest BCUT2D eigenvalue weighted by atomic mass is 15.2. The van der Waals surface area contributed by atoms with Crippen LogP contribution in [0.4, 0.5) is 17.1 Å². The zero-order valence-electron chi connectivity index (χ0n) is 36.4. The van der Waals surface area contributed by atoms with Gasteiger partial charge in [0.1, 0.15) is 0 Å². The Morgan fingerprint density at radius 2 is 1.40 bits per heavy atom. The Hall–Kier alpha value is -7.37. The van der Waals surface area contributed by atoms with E-state index in [2.05, 4.69) is 181 Å². The molecule has 0 spiro atoms. The quantitative estimate of drug-likeness (QED) is 0.137. The van der Waals surface area contributed by atoms with Gasteiger partial charge in [0.05, 0.1) is 29.7 Å². The molecule has 0 saturated heterocycles. The molecule has 5 nitrogen and oxygen atoms in total. The predicted octanol–water partition coefficient (Wildman–Crippen LogP) is 14.1. The first kappa shape index (κ1) is 42.7. The molecule has 0 radical (unpaired) electrons. The summed E-state index contributed by atoms with van der Waals surface area (Å²) >= 11 is 0. The Morgan fingerprint density at radius 1 is 0.742 bits per heavy atom. The van der Waals surface area contributed by atoms with Crippen LogP contribution in [0.5, 0.6) is 0 Å². The third-order valence-corrected chi connectivity index (χ3v) is 11.3. The van der Waals surface area contributed by atoms with Crippen LogP contribution < -0.4 is 9.80 Å². The molecule has 1 aliphatic carbocycles. The topological polar surface area (TPSA) is 44.1 Å². The van der Waals surface area contributed by atoms with Gasteiger partial charge in [-0.15, -0.1) is 0 Å². The van der Waals surface area contributed by atoms with Crippen LogP contribution in [-0.2, 0) is 19.4 Å². The second-order valence-electron chi connectivity index (χ2n) is 15.1. The largest absolute Gasteiger partial charge is 0.338 e. The average molecular weight is 810 g/mol. The molecule has 62 heavy (non-hydrogen) atoms. The molecule has 0 amide bonds. The van der Waals surface area contributed by atoms with Crippen LogP contribution >= 0.6 is 0 Å². The fourth-order valence-electron chi connectivity index (χ4n) is 8.29. The minimum absolute atomic E-state index is 0.0696. The van der Waals surface area contributed by atoms with Crippen LogP contribution in [0.2, 0.25) is 0 Å². The molecule has 1 aromatic heterocycles. The van der Waals surface area contributed by atoms with Crippen molar-refractivity contribution in [1.82, 2.24) is 4.98 Å². The normalized spacial score (nSPS) is 17.5. The van der Waals surface area contributed by atoms with Crippen molar-refractivity contribution in [2.24, 2.45) is 9.98 Å². The van der Waals surface area contributed by atoms with E-state index in [4.69, 9.17) is 4.98 Å². The SMILES string of the molecule is C=C/C=C1/Cc2cccc(C(=C)N=C)c2/C1=C/N1c2cccnc2/C(=C/C=C2\Cc3ccccc3N2c2ccccc2)C1C.CC.CC(=NCc1ccccc1)c1ccccc1. The Labute approximate surface area is 368 Å². The molecular formula is C57H55N5. The summed E-state index contributed by atoms with van der Waals surface area (Å²) in [7, 11) is 0. The fraction of sp³-hybridized carbons (Fsp3) is 0.140. The van der Waals surface area contributed by atoms with E-state index in [9.17, 15) is 0 Å². The maximum atomic E-state index is 4.89. The number of hydrogen-bond donors (Lipinski definition) is 0. The molecule has 0 N–H and O–H groups in total. The van der Waals surface area contributed by atoms with E-state index >= 15 is 0 Å². The number of rotatable bonds is 9. The summed E-state index contributed by atoms with van der Waals surface area (Å²) in [6.45, 7) is 21.0. The zero-order chi connectivity index (χ0) is 43.4. The van der Waals surface area contributed by atoms with Gasteiger partial charge in [0.25, 0.3) is 0 Å². The van der Waals surface area contributed by atoms with Gasteiger partial charge in [0, 0.05) is 58.3 Å². The maximum absolute atomic E-state index is 4.89. The third kappa shape index (κ3) is 9.18. The summed E-state index contributed by atoms with van der Waals surface area (Å²) in [4.78, 5) is 18.4. The fourth-order valence-corrected chi connectivity index (χ4v) is 8.29. The summed E-state index contributed by atoms with van der Waals surface area (Å²) < 4.78 is 0. The van der Waals surface area contributed by atoms with Gasteiger partial charge in [-0.3, -0.25) is 15.0 Å². The predicted molar refractivity (Wildman–Crippen MR) is 266 cm³/mol. The minimum Gasteiger partial charge on any atom is -0.338 e. The van der Waals surface area contributed by atoms with Gasteiger partial charge in [0.2, 0.25) is 0 Å². The van der Waals surface area contributed by atoms with Crippen LogP contribution in [0.25, 0.3) is 16.8 Å².